The summed E-state index contributed by atoms with van der Waals surface area (Å²) in [6.07, 6.45) is 16.9. The second-order valence-electron chi connectivity index (χ2n) is 10.7. The minimum atomic E-state index is 0.128. The molecule has 1 unspecified atom stereocenters. The average molecular weight is 631 g/mol. The number of aromatic nitrogens is 1. The number of aliphatic hydroxyl groups excluding tert-OH is 2. The maximum Gasteiger partial charge on any atom is 0.205 e. The molecule has 0 saturated carbocycles. The van der Waals surface area contributed by atoms with Crippen LogP contribution in [0.1, 0.15) is 16.8 Å². The molecule has 1 aliphatic heterocycles. The molecule has 1 aromatic heterocycles. The van der Waals surface area contributed by atoms with Crippen molar-refractivity contribution in [2.45, 2.75) is 6.54 Å². The fourth-order valence-electron chi connectivity index (χ4n) is 4.90. The number of nitrogens with zero attached hydrogens (tertiary/aromatic N) is 3. The molecular formula is C36H46N4O2S2+2. The van der Waals surface area contributed by atoms with Gasteiger partial charge in [-0.15, -0.1) is 0 Å². The van der Waals surface area contributed by atoms with Crippen LogP contribution in [-0.4, -0.2) is 75.2 Å². The van der Waals surface area contributed by atoms with Gasteiger partial charge in [0.1, 0.15) is 25.4 Å². The van der Waals surface area contributed by atoms with E-state index in [1.54, 1.807) is 0 Å². The summed E-state index contributed by atoms with van der Waals surface area (Å²) in [7, 11) is 8.18. The zero-order valence-corrected chi connectivity index (χ0v) is 27.5. The second-order valence-corrected chi connectivity index (χ2v) is 13.4. The predicted molar refractivity (Wildman–Crippen MR) is 191 cm³/mol. The molecule has 0 radical (unpaired) electrons. The monoisotopic (exact) mass is 630 g/mol. The van der Waals surface area contributed by atoms with Gasteiger partial charge in [0.15, 0.2) is 12.7 Å². The summed E-state index contributed by atoms with van der Waals surface area (Å²) in [5.41, 5.74) is 7.07. The highest BCUT2D eigenvalue weighted by Crippen LogP contribution is 2.24. The third-order valence-electron chi connectivity index (χ3n) is 7.59. The Labute approximate surface area is 271 Å². The number of benzene rings is 2. The number of hydrogen-bond acceptors (Lipinski definition) is 6. The van der Waals surface area contributed by atoms with Crippen LogP contribution in [-0.2, 0) is 6.54 Å². The molecule has 232 valence electrons. The summed E-state index contributed by atoms with van der Waals surface area (Å²) in [5, 5.41) is 18.6. The molecule has 1 atom stereocenters. The van der Waals surface area contributed by atoms with Gasteiger partial charge in [-0.05, 0) is 71.8 Å². The second kappa shape index (κ2) is 18.5. The number of aliphatic hydroxyl groups is 2. The van der Waals surface area contributed by atoms with Gasteiger partial charge in [0.2, 0.25) is 5.69 Å². The first-order chi connectivity index (χ1) is 21.6. The van der Waals surface area contributed by atoms with Crippen molar-refractivity contribution in [3.63, 3.8) is 0 Å². The van der Waals surface area contributed by atoms with Crippen LogP contribution in [0.3, 0.4) is 0 Å². The van der Waals surface area contributed by atoms with Crippen LogP contribution in [0, 0.1) is 0 Å². The Hall–Kier alpha value is -3.27. The van der Waals surface area contributed by atoms with Gasteiger partial charge in [-0.25, -0.2) is 0 Å². The quantitative estimate of drug-likeness (QED) is 0.117. The minimum Gasteiger partial charge on any atom is -0.390 e. The summed E-state index contributed by atoms with van der Waals surface area (Å²) < 4.78 is 2.05. The summed E-state index contributed by atoms with van der Waals surface area (Å²) in [5.74, 6) is 2.13. The first kappa shape index (κ1) is 33.6. The lowest BCUT2D eigenvalue weighted by Gasteiger charge is -2.20. The van der Waals surface area contributed by atoms with Crippen molar-refractivity contribution >= 4 is 51.2 Å². The summed E-state index contributed by atoms with van der Waals surface area (Å²) in [6.45, 7) is 4.56. The Balaban J connectivity index is 1.13. The highest BCUT2D eigenvalue weighted by Gasteiger charge is 2.13. The van der Waals surface area contributed by atoms with Gasteiger partial charge in [0, 0.05) is 68.3 Å². The van der Waals surface area contributed by atoms with Crippen LogP contribution in [0.5, 0.6) is 0 Å². The van der Waals surface area contributed by atoms with Crippen molar-refractivity contribution in [2.24, 2.45) is 0 Å². The summed E-state index contributed by atoms with van der Waals surface area (Å²) in [4.78, 5) is 5.91. The van der Waals surface area contributed by atoms with Gasteiger partial charge in [-0.3, -0.25) is 4.90 Å². The Bertz CT molecular complexity index is 1400. The van der Waals surface area contributed by atoms with E-state index in [1.807, 2.05) is 44.5 Å². The summed E-state index contributed by atoms with van der Waals surface area (Å²) in [6, 6.07) is 23.4. The van der Waals surface area contributed by atoms with Crippen LogP contribution in [0.25, 0.3) is 18.2 Å². The third-order valence-corrected chi connectivity index (χ3v) is 9.95. The van der Waals surface area contributed by atoms with Crippen LogP contribution < -0.4 is 19.3 Å². The van der Waals surface area contributed by atoms with E-state index in [1.165, 1.54) is 27.5 Å². The largest absolute Gasteiger partial charge is 0.390 e. The fraction of sp³-hybridized carbons (Fsp3) is 0.306. The van der Waals surface area contributed by atoms with Crippen molar-refractivity contribution in [1.29, 1.82) is 0 Å². The van der Waals surface area contributed by atoms with Crippen LogP contribution in [0.15, 0.2) is 103 Å². The highest BCUT2D eigenvalue weighted by molar-refractivity contribution is 8.76. The standard InChI is InChI=1S/C36H45N4O2S2/c1-37(33-15-9-31(10-16-33)13-19-35-7-3-5-21-39(35)23-27-41)25-29-43-44-30-26-38(2)34-17-11-32(12-18-34)14-20-36-8-4-6-22-40(36)24-28-42/h3-21,41-42H,22-30H2,1-2H3/q+1/p+1/b20-14+. The predicted octanol–water partition coefficient (Wildman–Crippen LogP) is 4.43. The Morgan fingerprint density at radius 3 is 1.98 bits per heavy atom. The number of allylic oxidation sites excluding steroid dienone is 3. The van der Waals surface area contributed by atoms with Gasteiger partial charge in [0.05, 0.1) is 6.61 Å². The zero-order chi connectivity index (χ0) is 31.0. The van der Waals surface area contributed by atoms with E-state index in [9.17, 15) is 10.2 Å². The van der Waals surface area contributed by atoms with E-state index in [-0.39, 0.29) is 13.2 Å². The SMILES string of the molecule is CN(CCSSCCN(C)c1ccc(/C=C/c2cccc[n+]2CCO)cc1)c1ccc(/C=C/C2=CC=CC[NH+]2CCO)cc1. The molecule has 2 aromatic carbocycles. The molecule has 0 saturated heterocycles. The maximum absolute atomic E-state index is 9.32. The fourth-order valence-corrected chi connectivity index (χ4v) is 6.98. The average Bonchev–Trinajstić information content (AvgIpc) is 3.06. The lowest BCUT2D eigenvalue weighted by molar-refractivity contribution is -0.852. The van der Waals surface area contributed by atoms with E-state index in [4.69, 9.17) is 0 Å². The van der Waals surface area contributed by atoms with E-state index in [0.29, 0.717) is 6.54 Å². The van der Waals surface area contributed by atoms with Crippen molar-refractivity contribution < 1.29 is 19.7 Å². The number of nitrogens with one attached hydrogen (secondary N) is 1. The molecule has 3 N–H and O–H groups in total. The molecule has 0 amide bonds. The number of anilines is 2. The summed E-state index contributed by atoms with van der Waals surface area (Å²) >= 11 is 0. The lowest BCUT2D eigenvalue weighted by Crippen LogP contribution is -3.10. The first-order valence-corrected chi connectivity index (χ1v) is 17.7. The third kappa shape index (κ3) is 10.7. The molecule has 3 aromatic rings. The van der Waals surface area contributed by atoms with E-state index < -0.39 is 0 Å². The smallest absolute Gasteiger partial charge is 0.205 e. The number of hydrogen-bond donors (Lipinski definition) is 3. The van der Waals surface area contributed by atoms with E-state index in [2.05, 4.69) is 121 Å². The molecule has 0 aliphatic carbocycles. The molecule has 0 spiro atoms. The van der Waals surface area contributed by atoms with Gasteiger partial charge in [0.25, 0.3) is 0 Å². The van der Waals surface area contributed by atoms with Gasteiger partial charge in [-0.1, -0.05) is 51.9 Å². The van der Waals surface area contributed by atoms with E-state index in [0.717, 1.165) is 48.9 Å². The van der Waals surface area contributed by atoms with Crippen molar-refractivity contribution in [2.75, 3.05) is 74.8 Å². The topological polar surface area (TPSA) is 55.3 Å². The van der Waals surface area contributed by atoms with Crippen molar-refractivity contribution in [1.82, 2.24) is 0 Å². The van der Waals surface area contributed by atoms with E-state index >= 15 is 0 Å². The number of quaternary nitrogens is 1. The Kier molecular flexibility index (Phi) is 14.1. The van der Waals surface area contributed by atoms with Crippen molar-refractivity contribution in [3.05, 3.63) is 120 Å². The molecule has 6 nitrogen and oxygen atoms in total. The molecule has 4 rings (SSSR count). The Morgan fingerprint density at radius 2 is 1.39 bits per heavy atom. The maximum atomic E-state index is 9.32. The Morgan fingerprint density at radius 1 is 0.773 bits per heavy atom. The van der Waals surface area contributed by atoms with Crippen LogP contribution in [0.2, 0.25) is 0 Å². The van der Waals surface area contributed by atoms with Gasteiger partial charge < -0.3 is 20.0 Å². The van der Waals surface area contributed by atoms with Crippen molar-refractivity contribution in [3.8, 4) is 0 Å². The molecule has 8 heteroatoms. The van der Waals surface area contributed by atoms with Crippen LogP contribution in [0.4, 0.5) is 11.4 Å². The molecule has 0 bridgehead atoms. The number of rotatable bonds is 17. The zero-order valence-electron chi connectivity index (χ0n) is 25.9. The highest BCUT2D eigenvalue weighted by atomic mass is 33.1. The van der Waals surface area contributed by atoms with Gasteiger partial charge in [-0.2, -0.15) is 4.57 Å². The lowest BCUT2D eigenvalue weighted by atomic mass is 10.1. The molecular weight excluding hydrogens is 585 g/mol. The minimum absolute atomic E-state index is 0.128. The molecule has 0 fully saturated rings. The van der Waals surface area contributed by atoms with Crippen LogP contribution >= 0.6 is 21.6 Å². The van der Waals surface area contributed by atoms with Gasteiger partial charge >= 0.3 is 0 Å². The molecule has 1 aliphatic rings. The normalized spacial score (nSPS) is 14.8. The molecule has 44 heavy (non-hydrogen) atoms. The molecule has 2 heterocycles. The number of pyridine rings is 1. The first-order valence-electron chi connectivity index (χ1n) is 15.2.